The summed E-state index contributed by atoms with van der Waals surface area (Å²) < 4.78 is 7.23. The fourth-order valence-electron chi connectivity index (χ4n) is 4.11. The number of H-pyrrole nitrogens is 1. The Hall–Kier alpha value is -4.16. The molecule has 2 heterocycles. The van der Waals surface area contributed by atoms with Crippen LogP contribution in [0.5, 0.6) is 5.75 Å². The van der Waals surface area contributed by atoms with Crippen LogP contribution in [-0.4, -0.2) is 21.9 Å². The molecule has 5 rings (SSSR count). The molecule has 6 heteroatoms. The largest absolute Gasteiger partial charge is 0.496 e. The molecule has 0 fully saturated rings. The van der Waals surface area contributed by atoms with Crippen LogP contribution in [0, 0.1) is 6.92 Å². The van der Waals surface area contributed by atoms with Gasteiger partial charge in [0.25, 0.3) is 5.56 Å². The van der Waals surface area contributed by atoms with E-state index in [-0.39, 0.29) is 5.56 Å². The molecule has 0 amide bonds. The van der Waals surface area contributed by atoms with Crippen LogP contribution in [-0.2, 0) is 13.1 Å². The van der Waals surface area contributed by atoms with Crippen LogP contribution in [0.25, 0.3) is 28.0 Å². The maximum atomic E-state index is 13.0. The maximum Gasteiger partial charge on any atom is 0.254 e. The average molecular weight is 451 g/mol. The Morgan fingerprint density at radius 1 is 0.912 bits per heavy atom. The molecule has 0 radical (unpaired) electrons. The van der Waals surface area contributed by atoms with Crippen LogP contribution in [0.1, 0.15) is 16.7 Å². The van der Waals surface area contributed by atoms with Crippen molar-refractivity contribution in [1.82, 2.24) is 20.1 Å². The Labute approximate surface area is 197 Å². The zero-order chi connectivity index (χ0) is 23.5. The van der Waals surface area contributed by atoms with E-state index in [9.17, 15) is 4.79 Å². The zero-order valence-corrected chi connectivity index (χ0v) is 19.2. The Morgan fingerprint density at radius 3 is 2.38 bits per heavy atom. The molecule has 0 atom stereocenters. The van der Waals surface area contributed by atoms with Gasteiger partial charge in [-0.1, -0.05) is 66.2 Å². The second-order valence-corrected chi connectivity index (χ2v) is 8.26. The van der Waals surface area contributed by atoms with E-state index in [1.54, 1.807) is 11.8 Å². The standard InChI is InChI=1S/C28H26N4O2/c1-19-12-14-20(15-13-19)26-24-16-22(18-29-17-21-8-6-7-11-25(21)34-2)28(33)30-27(24)32(31-26)23-9-4-3-5-10-23/h3-16,29H,17-18H2,1-2H3,(H,30,33). The molecule has 0 aliphatic heterocycles. The molecule has 34 heavy (non-hydrogen) atoms. The number of nitrogens with zero attached hydrogens (tertiary/aromatic N) is 2. The molecule has 5 aromatic rings. The molecule has 0 spiro atoms. The summed E-state index contributed by atoms with van der Waals surface area (Å²) in [5, 5.41) is 9.18. The molecule has 170 valence electrons. The van der Waals surface area contributed by atoms with Gasteiger partial charge in [0.1, 0.15) is 17.1 Å². The number of para-hydroxylation sites is 2. The third-order valence-corrected chi connectivity index (χ3v) is 5.91. The molecule has 2 aromatic heterocycles. The van der Waals surface area contributed by atoms with E-state index in [2.05, 4.69) is 41.5 Å². The number of aryl methyl sites for hydroxylation is 1. The van der Waals surface area contributed by atoms with Crippen molar-refractivity contribution < 1.29 is 4.74 Å². The van der Waals surface area contributed by atoms with Gasteiger partial charge in [-0.15, -0.1) is 0 Å². The Bertz CT molecular complexity index is 1490. The first-order chi connectivity index (χ1) is 16.6. The van der Waals surface area contributed by atoms with E-state index < -0.39 is 0 Å². The molecule has 0 aliphatic carbocycles. The highest BCUT2D eigenvalue weighted by Crippen LogP contribution is 2.29. The molecule has 3 aromatic carbocycles. The number of hydrogen-bond donors (Lipinski definition) is 2. The fraction of sp³-hybridized carbons (Fsp3) is 0.143. The zero-order valence-electron chi connectivity index (χ0n) is 19.2. The van der Waals surface area contributed by atoms with E-state index in [4.69, 9.17) is 9.84 Å². The number of hydrogen-bond acceptors (Lipinski definition) is 4. The summed E-state index contributed by atoms with van der Waals surface area (Å²) in [4.78, 5) is 16.1. The quantitative estimate of drug-likeness (QED) is 0.367. The number of ether oxygens (including phenoxy) is 1. The Morgan fingerprint density at radius 2 is 1.62 bits per heavy atom. The number of benzene rings is 3. The smallest absolute Gasteiger partial charge is 0.254 e. The molecular formula is C28H26N4O2. The lowest BCUT2D eigenvalue weighted by molar-refractivity contribution is 0.407. The summed E-state index contributed by atoms with van der Waals surface area (Å²) in [5.41, 5.74) is 6.16. The highest BCUT2D eigenvalue weighted by Gasteiger charge is 2.16. The highest BCUT2D eigenvalue weighted by molar-refractivity contribution is 5.92. The van der Waals surface area contributed by atoms with Crippen molar-refractivity contribution in [2.24, 2.45) is 0 Å². The number of methoxy groups -OCH3 is 1. The van der Waals surface area contributed by atoms with E-state index >= 15 is 0 Å². The predicted molar refractivity (Wildman–Crippen MR) is 135 cm³/mol. The average Bonchev–Trinajstić information content (AvgIpc) is 3.23. The molecule has 0 bridgehead atoms. The van der Waals surface area contributed by atoms with Gasteiger partial charge in [0.2, 0.25) is 0 Å². The first kappa shape index (κ1) is 21.7. The van der Waals surface area contributed by atoms with Crippen molar-refractivity contribution in [3.8, 4) is 22.7 Å². The lowest BCUT2D eigenvalue weighted by atomic mass is 10.1. The van der Waals surface area contributed by atoms with Crippen molar-refractivity contribution in [2.45, 2.75) is 20.0 Å². The van der Waals surface area contributed by atoms with Gasteiger partial charge in [0.15, 0.2) is 0 Å². The lowest BCUT2D eigenvalue weighted by Crippen LogP contribution is -2.21. The topological polar surface area (TPSA) is 71.9 Å². The van der Waals surface area contributed by atoms with Crippen LogP contribution in [0.4, 0.5) is 0 Å². The number of rotatable bonds is 7. The van der Waals surface area contributed by atoms with E-state index in [0.29, 0.717) is 24.3 Å². The molecule has 0 aliphatic rings. The van der Waals surface area contributed by atoms with Gasteiger partial charge in [-0.25, -0.2) is 4.68 Å². The van der Waals surface area contributed by atoms with Crippen molar-refractivity contribution in [1.29, 1.82) is 0 Å². The normalized spacial score (nSPS) is 11.1. The molecule has 6 nitrogen and oxygen atoms in total. The van der Waals surface area contributed by atoms with Crippen LogP contribution in [0.2, 0.25) is 0 Å². The van der Waals surface area contributed by atoms with E-state index in [0.717, 1.165) is 33.6 Å². The lowest BCUT2D eigenvalue weighted by Gasteiger charge is -2.09. The van der Waals surface area contributed by atoms with Crippen LogP contribution >= 0.6 is 0 Å². The predicted octanol–water partition coefficient (Wildman–Crippen LogP) is 4.99. The number of aromatic nitrogens is 3. The third kappa shape index (κ3) is 4.23. The van der Waals surface area contributed by atoms with Crippen LogP contribution in [0.3, 0.4) is 0 Å². The van der Waals surface area contributed by atoms with E-state index in [1.165, 1.54) is 5.56 Å². The van der Waals surface area contributed by atoms with Gasteiger partial charge in [0.05, 0.1) is 12.8 Å². The Kier molecular flexibility index (Phi) is 5.97. The van der Waals surface area contributed by atoms with Crippen molar-refractivity contribution in [3.05, 3.63) is 112 Å². The van der Waals surface area contributed by atoms with Gasteiger partial charge in [0, 0.05) is 35.2 Å². The van der Waals surface area contributed by atoms with Crippen molar-refractivity contribution in [2.75, 3.05) is 7.11 Å². The minimum Gasteiger partial charge on any atom is -0.496 e. The van der Waals surface area contributed by atoms with Gasteiger partial charge in [-0.05, 0) is 31.2 Å². The van der Waals surface area contributed by atoms with Crippen LogP contribution in [0.15, 0.2) is 89.7 Å². The monoisotopic (exact) mass is 450 g/mol. The third-order valence-electron chi connectivity index (χ3n) is 5.91. The first-order valence-electron chi connectivity index (χ1n) is 11.2. The van der Waals surface area contributed by atoms with E-state index in [1.807, 2.05) is 60.7 Å². The van der Waals surface area contributed by atoms with Crippen molar-refractivity contribution in [3.63, 3.8) is 0 Å². The summed E-state index contributed by atoms with van der Waals surface area (Å²) >= 11 is 0. The SMILES string of the molecule is COc1ccccc1CNCc1cc2c(-c3ccc(C)cc3)nn(-c3ccccc3)c2[nH]c1=O. The maximum absolute atomic E-state index is 13.0. The van der Waals surface area contributed by atoms with Gasteiger partial charge in [-0.2, -0.15) is 5.10 Å². The summed E-state index contributed by atoms with van der Waals surface area (Å²) in [5.74, 6) is 0.824. The second kappa shape index (κ2) is 9.37. The van der Waals surface area contributed by atoms with Gasteiger partial charge in [-0.3, -0.25) is 4.79 Å². The molecule has 0 saturated carbocycles. The number of fused-ring (bicyclic) bond motifs is 1. The molecule has 0 unspecified atom stereocenters. The number of pyridine rings is 1. The molecule has 2 N–H and O–H groups in total. The number of aromatic amines is 1. The minimum absolute atomic E-state index is 0.132. The second-order valence-electron chi connectivity index (χ2n) is 8.26. The van der Waals surface area contributed by atoms with Crippen molar-refractivity contribution >= 4 is 11.0 Å². The number of nitrogens with one attached hydrogen (secondary N) is 2. The Balaban J connectivity index is 1.54. The summed E-state index contributed by atoms with van der Waals surface area (Å²) in [6.07, 6.45) is 0. The summed E-state index contributed by atoms with van der Waals surface area (Å²) in [7, 11) is 1.66. The fourth-order valence-corrected chi connectivity index (χ4v) is 4.11. The molecular weight excluding hydrogens is 424 g/mol. The highest BCUT2D eigenvalue weighted by atomic mass is 16.5. The first-order valence-corrected chi connectivity index (χ1v) is 11.2. The minimum atomic E-state index is -0.132. The van der Waals surface area contributed by atoms with Gasteiger partial charge < -0.3 is 15.0 Å². The van der Waals surface area contributed by atoms with Gasteiger partial charge >= 0.3 is 0 Å². The summed E-state index contributed by atoms with van der Waals surface area (Å²) in [6.45, 7) is 3.08. The van der Waals surface area contributed by atoms with Crippen LogP contribution < -0.4 is 15.6 Å². The molecule has 0 saturated heterocycles. The summed E-state index contributed by atoms with van der Waals surface area (Å²) in [6, 6.07) is 27.9.